The van der Waals surface area contributed by atoms with Crippen LogP contribution in [0, 0.1) is 0 Å². The Hall–Kier alpha value is -2.94. The van der Waals surface area contributed by atoms with Crippen LogP contribution in [0.1, 0.15) is 84.1 Å². The van der Waals surface area contributed by atoms with Gasteiger partial charge >= 0.3 is 23.9 Å². The van der Waals surface area contributed by atoms with Gasteiger partial charge in [0.2, 0.25) is 0 Å². The number of unbranched alkanes of at least 4 members (excludes halogenated alkanes) is 4. The van der Waals surface area contributed by atoms with Crippen LogP contribution in [-0.2, 0) is 35.1 Å². The molecule has 1 aromatic rings. The zero-order chi connectivity index (χ0) is 26.8. The minimum atomic E-state index is -0.717. The summed E-state index contributed by atoms with van der Waals surface area (Å²) in [4.78, 5) is 48.3. The van der Waals surface area contributed by atoms with E-state index in [1.54, 1.807) is 25.1 Å². The average Bonchev–Trinajstić information content (AvgIpc) is 2.86. The SMILES string of the molecule is CCCCCC(=O)Oc1ccc(C[C@H](NCCOC(=O)CC)C(=O)OC)cc1OC(=O)CCCCC. The molecule has 1 atom stereocenters. The van der Waals surface area contributed by atoms with Crippen molar-refractivity contribution in [3.8, 4) is 11.5 Å². The lowest BCUT2D eigenvalue weighted by molar-refractivity contribution is -0.144. The minimum Gasteiger partial charge on any atom is -0.468 e. The van der Waals surface area contributed by atoms with Gasteiger partial charge in [0.1, 0.15) is 12.6 Å². The summed E-state index contributed by atoms with van der Waals surface area (Å²) in [5, 5.41) is 3.02. The number of hydrogen-bond donors (Lipinski definition) is 1. The summed E-state index contributed by atoms with van der Waals surface area (Å²) in [5.41, 5.74) is 0.672. The van der Waals surface area contributed by atoms with Gasteiger partial charge < -0.3 is 24.3 Å². The Kier molecular flexibility index (Phi) is 15.8. The van der Waals surface area contributed by atoms with E-state index in [9.17, 15) is 19.2 Å². The maximum Gasteiger partial charge on any atom is 0.323 e. The van der Waals surface area contributed by atoms with Gasteiger partial charge in [-0.25, -0.2) is 0 Å². The quantitative estimate of drug-likeness (QED) is 0.176. The first kappa shape index (κ1) is 31.1. The first-order valence-corrected chi connectivity index (χ1v) is 12.9. The van der Waals surface area contributed by atoms with E-state index < -0.39 is 23.9 Å². The predicted octanol–water partition coefficient (Wildman–Crippen LogP) is 4.28. The van der Waals surface area contributed by atoms with Gasteiger partial charge in [0.05, 0.1) is 7.11 Å². The summed E-state index contributed by atoms with van der Waals surface area (Å²) in [6.45, 7) is 6.18. The number of ether oxygens (including phenoxy) is 4. The second kappa shape index (κ2) is 18.3. The van der Waals surface area contributed by atoms with Crippen molar-refractivity contribution < 1.29 is 38.1 Å². The number of benzene rings is 1. The van der Waals surface area contributed by atoms with Gasteiger partial charge in [-0.05, 0) is 37.0 Å². The highest BCUT2D eigenvalue weighted by Gasteiger charge is 2.21. The maximum absolute atomic E-state index is 12.4. The van der Waals surface area contributed by atoms with Crippen LogP contribution in [0.25, 0.3) is 0 Å². The summed E-state index contributed by atoms with van der Waals surface area (Å²) in [7, 11) is 1.29. The molecule has 0 saturated carbocycles. The van der Waals surface area contributed by atoms with Crippen molar-refractivity contribution in [3.05, 3.63) is 23.8 Å². The molecule has 1 aromatic carbocycles. The van der Waals surface area contributed by atoms with Gasteiger partial charge in [-0.15, -0.1) is 0 Å². The van der Waals surface area contributed by atoms with E-state index in [0.29, 0.717) is 12.0 Å². The lowest BCUT2D eigenvalue weighted by atomic mass is 10.0. The number of hydrogen-bond acceptors (Lipinski definition) is 9. The Bertz CT molecular complexity index is 839. The third-order valence-electron chi connectivity index (χ3n) is 5.39. The fourth-order valence-corrected chi connectivity index (χ4v) is 3.35. The van der Waals surface area contributed by atoms with Crippen LogP contribution in [0.15, 0.2) is 18.2 Å². The normalized spacial score (nSPS) is 11.4. The zero-order valence-electron chi connectivity index (χ0n) is 22.1. The van der Waals surface area contributed by atoms with E-state index in [-0.39, 0.29) is 56.3 Å². The lowest BCUT2D eigenvalue weighted by Gasteiger charge is -2.18. The molecule has 0 aliphatic rings. The van der Waals surface area contributed by atoms with Crippen molar-refractivity contribution in [2.75, 3.05) is 20.3 Å². The Morgan fingerprint density at radius 2 is 1.44 bits per heavy atom. The van der Waals surface area contributed by atoms with Crippen molar-refractivity contribution in [1.29, 1.82) is 0 Å². The summed E-state index contributed by atoms with van der Waals surface area (Å²) < 4.78 is 21.0. The minimum absolute atomic E-state index is 0.119. The molecule has 0 aromatic heterocycles. The third kappa shape index (κ3) is 12.7. The molecule has 1 rings (SSSR count). The standard InChI is InChI=1S/C27H41NO8/c1-5-8-10-12-25(30)35-22-15-14-20(19-23(22)36-26(31)13-11-9-6-2)18-21(27(32)33-4)28-16-17-34-24(29)7-3/h14-15,19,21,28H,5-13,16-18H2,1-4H3/t21-/m0/s1. The topological polar surface area (TPSA) is 117 Å². The van der Waals surface area contributed by atoms with E-state index >= 15 is 0 Å². The molecule has 0 radical (unpaired) electrons. The molecule has 0 saturated heterocycles. The van der Waals surface area contributed by atoms with Crippen molar-refractivity contribution in [3.63, 3.8) is 0 Å². The first-order valence-electron chi connectivity index (χ1n) is 12.9. The molecule has 202 valence electrons. The smallest absolute Gasteiger partial charge is 0.323 e. The highest BCUT2D eigenvalue weighted by molar-refractivity contribution is 5.77. The van der Waals surface area contributed by atoms with Gasteiger partial charge in [-0.1, -0.05) is 52.5 Å². The number of rotatable bonds is 18. The zero-order valence-corrected chi connectivity index (χ0v) is 22.1. The molecular formula is C27H41NO8. The Balaban J connectivity index is 2.98. The number of methoxy groups -OCH3 is 1. The van der Waals surface area contributed by atoms with Crippen LogP contribution in [0.2, 0.25) is 0 Å². The monoisotopic (exact) mass is 507 g/mol. The van der Waals surface area contributed by atoms with Crippen molar-refractivity contribution in [2.45, 2.75) is 91.0 Å². The molecule has 0 aliphatic carbocycles. The van der Waals surface area contributed by atoms with Crippen molar-refractivity contribution in [1.82, 2.24) is 5.32 Å². The number of esters is 4. The van der Waals surface area contributed by atoms with Crippen molar-refractivity contribution >= 4 is 23.9 Å². The Morgan fingerprint density at radius 1 is 0.833 bits per heavy atom. The van der Waals surface area contributed by atoms with E-state index in [0.717, 1.165) is 32.1 Å². The van der Waals surface area contributed by atoms with Gasteiger partial charge in [0.15, 0.2) is 11.5 Å². The van der Waals surface area contributed by atoms with Crippen LogP contribution in [0.3, 0.4) is 0 Å². The molecule has 0 unspecified atom stereocenters. The molecule has 0 spiro atoms. The number of carbonyl (C=O) groups is 4. The molecular weight excluding hydrogens is 466 g/mol. The first-order chi connectivity index (χ1) is 17.3. The molecule has 0 aliphatic heterocycles. The van der Waals surface area contributed by atoms with Gasteiger partial charge in [-0.3, -0.25) is 19.2 Å². The fourth-order valence-electron chi connectivity index (χ4n) is 3.35. The van der Waals surface area contributed by atoms with Gasteiger partial charge in [0, 0.05) is 25.8 Å². The van der Waals surface area contributed by atoms with Gasteiger partial charge in [0.25, 0.3) is 0 Å². The number of nitrogens with one attached hydrogen (secondary N) is 1. The number of carbonyl (C=O) groups excluding carboxylic acids is 4. The third-order valence-corrected chi connectivity index (χ3v) is 5.39. The van der Waals surface area contributed by atoms with Crippen molar-refractivity contribution in [2.24, 2.45) is 0 Å². The second-order valence-electron chi connectivity index (χ2n) is 8.45. The average molecular weight is 508 g/mol. The molecule has 0 bridgehead atoms. The predicted molar refractivity (Wildman–Crippen MR) is 135 cm³/mol. The van der Waals surface area contributed by atoms with Crippen LogP contribution in [0.5, 0.6) is 11.5 Å². The summed E-state index contributed by atoms with van der Waals surface area (Å²) in [6.07, 6.45) is 6.25. The van der Waals surface area contributed by atoms with Crippen LogP contribution in [-0.4, -0.2) is 50.2 Å². The van der Waals surface area contributed by atoms with Crippen LogP contribution >= 0.6 is 0 Å². The van der Waals surface area contributed by atoms with Gasteiger partial charge in [-0.2, -0.15) is 0 Å². The maximum atomic E-state index is 12.4. The summed E-state index contributed by atoms with van der Waals surface area (Å²) >= 11 is 0. The van der Waals surface area contributed by atoms with E-state index in [2.05, 4.69) is 5.32 Å². The van der Waals surface area contributed by atoms with Crippen LogP contribution in [0.4, 0.5) is 0 Å². The van der Waals surface area contributed by atoms with Crippen LogP contribution < -0.4 is 14.8 Å². The molecule has 0 heterocycles. The van der Waals surface area contributed by atoms with E-state index in [1.807, 2.05) is 13.8 Å². The molecule has 1 N–H and O–H groups in total. The molecule has 9 nitrogen and oxygen atoms in total. The highest BCUT2D eigenvalue weighted by Crippen LogP contribution is 2.30. The Morgan fingerprint density at radius 3 is 2.00 bits per heavy atom. The molecule has 0 fully saturated rings. The molecule has 9 heteroatoms. The summed E-state index contributed by atoms with van der Waals surface area (Å²) in [5.74, 6) is -1.31. The molecule has 0 amide bonds. The molecule has 36 heavy (non-hydrogen) atoms. The lowest BCUT2D eigenvalue weighted by Crippen LogP contribution is -2.41. The summed E-state index contributed by atoms with van der Waals surface area (Å²) in [6, 6.07) is 4.16. The van der Waals surface area contributed by atoms with E-state index in [4.69, 9.17) is 18.9 Å². The largest absolute Gasteiger partial charge is 0.468 e. The van der Waals surface area contributed by atoms with E-state index in [1.165, 1.54) is 7.11 Å². The Labute approximate surface area is 214 Å². The fraction of sp³-hybridized carbons (Fsp3) is 0.630. The second-order valence-corrected chi connectivity index (χ2v) is 8.45. The highest BCUT2D eigenvalue weighted by atomic mass is 16.6.